The third kappa shape index (κ3) is 7.65. The van der Waals surface area contributed by atoms with Crippen LogP contribution in [0.1, 0.15) is 6.42 Å². The van der Waals surface area contributed by atoms with Crippen LogP contribution in [0.15, 0.2) is 0 Å². The van der Waals surface area contributed by atoms with Crippen LogP contribution in [0, 0.1) is 0 Å². The number of ether oxygens (including phenoxy) is 1. The van der Waals surface area contributed by atoms with E-state index in [1.165, 1.54) is 0 Å². The van der Waals surface area contributed by atoms with E-state index >= 15 is 0 Å². The molecule has 0 heterocycles. The Hall–Kier alpha value is -0.345. The molecule has 0 fully saturated rings. The van der Waals surface area contributed by atoms with Gasteiger partial charge in [0.2, 0.25) is 0 Å². The Morgan fingerprint density at radius 2 is 2.22 bits per heavy atom. The SMILES string of the molecule is [B]C(=O)CCOCCO. The van der Waals surface area contributed by atoms with E-state index in [4.69, 9.17) is 17.7 Å². The molecule has 0 atom stereocenters. The van der Waals surface area contributed by atoms with Crippen molar-refractivity contribution in [3.05, 3.63) is 0 Å². The summed E-state index contributed by atoms with van der Waals surface area (Å²) in [6, 6.07) is 0. The molecule has 0 aromatic carbocycles. The topological polar surface area (TPSA) is 46.5 Å². The monoisotopic (exact) mass is 128 g/mol. The van der Waals surface area contributed by atoms with Crippen LogP contribution in [0.25, 0.3) is 0 Å². The summed E-state index contributed by atoms with van der Waals surface area (Å²) in [6.45, 7) is 0.557. The molecule has 50 valence electrons. The standard InChI is InChI=1S/C5H9BO3/c6-5(8)1-3-9-4-2-7/h7H,1-4H2. The zero-order valence-corrected chi connectivity index (χ0v) is 5.17. The normalized spacial score (nSPS) is 9.44. The Kier molecular flexibility index (Phi) is 5.56. The maximum Gasteiger partial charge on any atom is 0.167 e. The third-order valence-electron chi connectivity index (χ3n) is 0.728. The van der Waals surface area contributed by atoms with Gasteiger partial charge < -0.3 is 14.6 Å². The first-order chi connectivity index (χ1) is 4.27. The Labute approximate surface area is 55.4 Å². The highest BCUT2D eigenvalue weighted by Crippen LogP contribution is 1.80. The zero-order valence-electron chi connectivity index (χ0n) is 5.17. The average molecular weight is 128 g/mol. The average Bonchev–Trinajstić information content (AvgIpc) is 1.80. The summed E-state index contributed by atoms with van der Waals surface area (Å²) in [5.41, 5.74) is -0.382. The first-order valence-electron chi connectivity index (χ1n) is 2.74. The molecule has 1 N–H and O–H groups in total. The van der Waals surface area contributed by atoms with Crippen molar-refractivity contribution in [1.29, 1.82) is 0 Å². The van der Waals surface area contributed by atoms with E-state index in [1.54, 1.807) is 0 Å². The minimum atomic E-state index is -0.382. The summed E-state index contributed by atoms with van der Waals surface area (Å²) in [7, 11) is 4.79. The molecule has 0 bridgehead atoms. The van der Waals surface area contributed by atoms with Crippen molar-refractivity contribution in [2.45, 2.75) is 6.42 Å². The maximum absolute atomic E-state index is 10.0. The Morgan fingerprint density at radius 1 is 1.56 bits per heavy atom. The van der Waals surface area contributed by atoms with Gasteiger partial charge in [0.15, 0.2) is 7.85 Å². The number of aliphatic hydroxyl groups excluding tert-OH is 1. The second kappa shape index (κ2) is 5.79. The number of carbonyl (C=O) groups is 1. The molecule has 0 unspecified atom stereocenters. The van der Waals surface area contributed by atoms with E-state index in [-0.39, 0.29) is 25.3 Å². The molecule has 0 aromatic rings. The summed E-state index contributed by atoms with van der Waals surface area (Å²) < 4.78 is 4.74. The van der Waals surface area contributed by atoms with Crippen LogP contribution in [-0.2, 0) is 9.53 Å². The second-order valence-electron chi connectivity index (χ2n) is 1.55. The predicted molar refractivity (Wildman–Crippen MR) is 33.3 cm³/mol. The van der Waals surface area contributed by atoms with E-state index < -0.39 is 0 Å². The van der Waals surface area contributed by atoms with Crippen LogP contribution in [-0.4, -0.2) is 38.5 Å². The molecule has 0 saturated heterocycles. The van der Waals surface area contributed by atoms with Gasteiger partial charge in [-0.25, -0.2) is 0 Å². The highest BCUT2D eigenvalue weighted by atomic mass is 16.5. The number of hydrogen-bond donors (Lipinski definition) is 1. The Bertz CT molecular complexity index is 84.3. The van der Waals surface area contributed by atoms with Gasteiger partial charge in [-0.1, -0.05) is 0 Å². The van der Waals surface area contributed by atoms with Crippen molar-refractivity contribution < 1.29 is 14.6 Å². The summed E-state index contributed by atoms with van der Waals surface area (Å²) in [5.74, 6) is 0. The van der Waals surface area contributed by atoms with Crippen LogP contribution < -0.4 is 0 Å². The van der Waals surface area contributed by atoms with Crippen LogP contribution in [0.5, 0.6) is 0 Å². The molecule has 4 heteroatoms. The number of hydrogen-bond acceptors (Lipinski definition) is 3. The van der Waals surface area contributed by atoms with Gasteiger partial charge >= 0.3 is 0 Å². The predicted octanol–water partition coefficient (Wildman–Crippen LogP) is -0.920. The van der Waals surface area contributed by atoms with Crippen molar-refractivity contribution in [3.8, 4) is 0 Å². The highest BCUT2D eigenvalue weighted by Gasteiger charge is 1.90. The summed E-state index contributed by atoms with van der Waals surface area (Å²) in [4.78, 5) is 10.0. The number of aliphatic hydroxyl groups is 1. The third-order valence-corrected chi connectivity index (χ3v) is 0.728. The molecule has 2 radical (unpaired) electrons. The van der Waals surface area contributed by atoms with E-state index in [2.05, 4.69) is 0 Å². The highest BCUT2D eigenvalue weighted by molar-refractivity contribution is 6.57. The smallest absolute Gasteiger partial charge is 0.167 e. The fourth-order valence-electron chi connectivity index (χ4n) is 0.339. The van der Waals surface area contributed by atoms with Crippen molar-refractivity contribution in [2.75, 3.05) is 19.8 Å². The molecule has 0 aromatic heterocycles. The summed E-state index contributed by atoms with van der Waals surface area (Å²) in [5, 5.41) is 8.19. The van der Waals surface area contributed by atoms with Gasteiger partial charge in [0.1, 0.15) is 0 Å². The van der Waals surface area contributed by atoms with Gasteiger partial charge in [0.05, 0.1) is 25.5 Å². The zero-order chi connectivity index (χ0) is 7.11. The minimum absolute atomic E-state index is 0.0151. The molecule has 0 aliphatic heterocycles. The molecule has 0 aliphatic rings. The lowest BCUT2D eigenvalue weighted by atomic mass is 10.0. The molecular weight excluding hydrogens is 119 g/mol. The lowest BCUT2D eigenvalue weighted by Crippen LogP contribution is -2.05. The van der Waals surface area contributed by atoms with Crippen LogP contribution >= 0.6 is 0 Å². The van der Waals surface area contributed by atoms with Gasteiger partial charge in [-0.05, 0) is 0 Å². The largest absolute Gasteiger partial charge is 0.394 e. The van der Waals surface area contributed by atoms with Crippen molar-refractivity contribution in [2.24, 2.45) is 0 Å². The molecular formula is C5H9BO3. The van der Waals surface area contributed by atoms with E-state index in [1.807, 2.05) is 0 Å². The van der Waals surface area contributed by atoms with Crippen LogP contribution in [0.4, 0.5) is 0 Å². The van der Waals surface area contributed by atoms with E-state index in [9.17, 15) is 4.79 Å². The van der Waals surface area contributed by atoms with Crippen molar-refractivity contribution in [3.63, 3.8) is 0 Å². The van der Waals surface area contributed by atoms with Crippen LogP contribution in [0.2, 0.25) is 0 Å². The molecule has 0 rings (SSSR count). The summed E-state index contributed by atoms with van der Waals surface area (Å²) in [6.07, 6.45) is 0.222. The quantitative estimate of drug-likeness (QED) is 0.384. The second-order valence-corrected chi connectivity index (χ2v) is 1.55. The lowest BCUT2D eigenvalue weighted by molar-refractivity contribution is -0.112. The van der Waals surface area contributed by atoms with Crippen molar-refractivity contribution in [1.82, 2.24) is 0 Å². The van der Waals surface area contributed by atoms with Gasteiger partial charge in [0.25, 0.3) is 0 Å². The first-order valence-corrected chi connectivity index (χ1v) is 2.74. The Morgan fingerprint density at radius 3 is 2.67 bits per heavy atom. The minimum Gasteiger partial charge on any atom is -0.394 e. The number of rotatable bonds is 5. The molecule has 0 spiro atoms. The van der Waals surface area contributed by atoms with Gasteiger partial charge in [-0.15, -0.1) is 0 Å². The van der Waals surface area contributed by atoms with Gasteiger partial charge in [0, 0.05) is 6.42 Å². The van der Waals surface area contributed by atoms with E-state index in [0.717, 1.165) is 0 Å². The molecule has 0 amide bonds. The fraction of sp³-hybridized carbons (Fsp3) is 0.800. The summed E-state index contributed by atoms with van der Waals surface area (Å²) >= 11 is 0. The lowest BCUT2D eigenvalue weighted by Gasteiger charge is -1.97. The molecule has 0 aliphatic carbocycles. The molecule has 0 saturated carbocycles. The van der Waals surface area contributed by atoms with Crippen molar-refractivity contribution >= 4 is 13.5 Å². The first kappa shape index (κ1) is 8.65. The van der Waals surface area contributed by atoms with Gasteiger partial charge in [-0.3, -0.25) is 0 Å². The Balaban J connectivity index is 2.83. The van der Waals surface area contributed by atoms with E-state index in [0.29, 0.717) is 6.61 Å². The maximum atomic E-state index is 10.0. The molecule has 3 nitrogen and oxygen atoms in total. The van der Waals surface area contributed by atoms with Crippen LogP contribution in [0.3, 0.4) is 0 Å². The number of carbonyl (C=O) groups excluding carboxylic acids is 1. The molecule has 9 heavy (non-hydrogen) atoms. The fourth-order valence-corrected chi connectivity index (χ4v) is 0.339. The van der Waals surface area contributed by atoms with Gasteiger partial charge in [-0.2, -0.15) is 0 Å².